The Labute approximate surface area is 145 Å². The molecule has 12 heteroatoms. The van der Waals surface area contributed by atoms with E-state index >= 15 is 0 Å². The lowest BCUT2D eigenvalue weighted by molar-refractivity contribution is 0.00668. The van der Waals surface area contributed by atoms with Gasteiger partial charge in [-0.05, 0) is 13.8 Å². The predicted octanol–water partition coefficient (Wildman–Crippen LogP) is -0.643. The molecule has 4 N–H and O–H groups in total. The quantitative estimate of drug-likeness (QED) is 0.369. The molecule has 0 aliphatic carbocycles. The molecule has 4 aromatic heterocycles. The molecule has 12 nitrogen and oxygen atoms in total. The van der Waals surface area contributed by atoms with Gasteiger partial charge in [0.1, 0.15) is 12.2 Å². The van der Waals surface area contributed by atoms with Gasteiger partial charge in [0.25, 0.3) is 11.6 Å². The van der Waals surface area contributed by atoms with Crippen molar-refractivity contribution in [3.05, 3.63) is 35.2 Å². The van der Waals surface area contributed by atoms with Gasteiger partial charge in [-0.3, -0.25) is 0 Å². The number of aromatic nitrogens is 8. The Morgan fingerprint density at radius 3 is 1.50 bits per heavy atom. The van der Waals surface area contributed by atoms with Gasteiger partial charge in [0.15, 0.2) is 11.6 Å². The van der Waals surface area contributed by atoms with Crippen LogP contribution in [0.15, 0.2) is 12.1 Å². The van der Waals surface area contributed by atoms with Crippen molar-refractivity contribution in [2.45, 2.75) is 26.1 Å². The van der Waals surface area contributed by atoms with E-state index in [9.17, 15) is 20.4 Å². The van der Waals surface area contributed by atoms with Crippen LogP contribution in [-0.2, 0) is 0 Å². The highest BCUT2D eigenvalue weighted by molar-refractivity contribution is 5.35. The van der Waals surface area contributed by atoms with Crippen LogP contribution in [0, 0.1) is 13.8 Å². The molecule has 4 heterocycles. The summed E-state index contributed by atoms with van der Waals surface area (Å²) in [5, 5.41) is 48.4. The fourth-order valence-electron chi connectivity index (χ4n) is 2.50. The molecule has 4 aromatic rings. The minimum atomic E-state index is -1.59. The van der Waals surface area contributed by atoms with Crippen molar-refractivity contribution in [2.24, 2.45) is 0 Å². The molecular weight excluding hydrogens is 344 g/mol. The van der Waals surface area contributed by atoms with E-state index in [2.05, 4.69) is 30.1 Å². The molecule has 0 fully saturated rings. The standard InChI is InChI=1S/C14H14N8O4/c1-5-3-7(23)21-13(15-5)17-11(19-21)9(25)10(26)12-18-14-16-6(2)4-8(24)22(14)20-12/h3-4,9-10,23-26H,1-2H3. The second kappa shape index (κ2) is 5.57. The second-order valence-corrected chi connectivity index (χ2v) is 5.76. The van der Waals surface area contributed by atoms with Crippen LogP contribution in [0.5, 0.6) is 11.8 Å². The zero-order valence-corrected chi connectivity index (χ0v) is 13.7. The third-order valence-electron chi connectivity index (χ3n) is 3.70. The van der Waals surface area contributed by atoms with E-state index in [-0.39, 0.29) is 35.0 Å². The van der Waals surface area contributed by atoms with E-state index in [4.69, 9.17) is 0 Å². The third-order valence-corrected chi connectivity index (χ3v) is 3.70. The third kappa shape index (κ3) is 2.48. The first-order valence-corrected chi connectivity index (χ1v) is 7.56. The molecule has 0 aromatic carbocycles. The normalized spacial score (nSPS) is 14.2. The van der Waals surface area contributed by atoms with Gasteiger partial charge < -0.3 is 20.4 Å². The lowest BCUT2D eigenvalue weighted by atomic mass is 10.2. The summed E-state index contributed by atoms with van der Waals surface area (Å²) in [4.78, 5) is 16.2. The van der Waals surface area contributed by atoms with Crippen molar-refractivity contribution in [2.75, 3.05) is 0 Å². The highest BCUT2D eigenvalue weighted by Crippen LogP contribution is 2.26. The molecule has 0 aliphatic rings. The van der Waals surface area contributed by atoms with Gasteiger partial charge in [0, 0.05) is 23.5 Å². The highest BCUT2D eigenvalue weighted by Gasteiger charge is 2.29. The van der Waals surface area contributed by atoms with Gasteiger partial charge in [0.05, 0.1) is 0 Å². The van der Waals surface area contributed by atoms with E-state index in [0.29, 0.717) is 11.4 Å². The van der Waals surface area contributed by atoms with Crippen molar-refractivity contribution < 1.29 is 20.4 Å². The summed E-state index contributed by atoms with van der Waals surface area (Å²) in [6, 6.07) is 2.77. The first-order chi connectivity index (χ1) is 12.3. The molecule has 0 spiro atoms. The van der Waals surface area contributed by atoms with Gasteiger partial charge >= 0.3 is 0 Å². The minimum absolute atomic E-state index is 0.0710. The molecule has 0 radical (unpaired) electrons. The monoisotopic (exact) mass is 358 g/mol. The minimum Gasteiger partial charge on any atom is -0.493 e. The first kappa shape index (κ1) is 16.1. The number of aliphatic hydroxyl groups excluding tert-OH is 2. The topological polar surface area (TPSA) is 167 Å². The molecule has 4 rings (SSSR count). The number of hydrogen-bond donors (Lipinski definition) is 4. The molecule has 0 bridgehead atoms. The molecular formula is C14H14N8O4. The molecule has 26 heavy (non-hydrogen) atoms. The molecule has 2 unspecified atom stereocenters. The Bertz CT molecular complexity index is 1050. The highest BCUT2D eigenvalue weighted by atomic mass is 16.3. The van der Waals surface area contributed by atoms with Crippen LogP contribution in [0.4, 0.5) is 0 Å². The maximum Gasteiger partial charge on any atom is 0.255 e. The zero-order valence-electron chi connectivity index (χ0n) is 13.7. The van der Waals surface area contributed by atoms with E-state index in [1.54, 1.807) is 13.8 Å². The van der Waals surface area contributed by atoms with Gasteiger partial charge in [-0.1, -0.05) is 0 Å². The fourth-order valence-corrected chi connectivity index (χ4v) is 2.50. The Morgan fingerprint density at radius 1 is 0.731 bits per heavy atom. The molecule has 2 atom stereocenters. The summed E-state index contributed by atoms with van der Waals surface area (Å²) >= 11 is 0. The predicted molar refractivity (Wildman–Crippen MR) is 84.3 cm³/mol. The number of aromatic hydroxyl groups is 2. The van der Waals surface area contributed by atoms with Crippen LogP contribution in [0.25, 0.3) is 11.6 Å². The average molecular weight is 358 g/mol. The lowest BCUT2D eigenvalue weighted by Gasteiger charge is -2.10. The van der Waals surface area contributed by atoms with E-state index in [1.165, 1.54) is 12.1 Å². The maximum atomic E-state index is 10.4. The number of hydrogen-bond acceptors (Lipinski definition) is 10. The fraction of sp³-hybridized carbons (Fsp3) is 0.286. The van der Waals surface area contributed by atoms with Crippen LogP contribution >= 0.6 is 0 Å². The molecule has 0 saturated heterocycles. The summed E-state index contributed by atoms with van der Waals surface area (Å²) in [7, 11) is 0. The number of aliphatic hydroxyl groups is 2. The first-order valence-electron chi connectivity index (χ1n) is 7.56. The van der Waals surface area contributed by atoms with Gasteiger partial charge in [-0.2, -0.15) is 19.0 Å². The van der Waals surface area contributed by atoms with Crippen LogP contribution < -0.4 is 0 Å². The number of aryl methyl sites for hydroxylation is 2. The van der Waals surface area contributed by atoms with Crippen molar-refractivity contribution >= 4 is 11.6 Å². The van der Waals surface area contributed by atoms with E-state index in [0.717, 1.165) is 9.03 Å². The van der Waals surface area contributed by atoms with Crippen molar-refractivity contribution in [3.63, 3.8) is 0 Å². The maximum absolute atomic E-state index is 10.4. The Kier molecular flexibility index (Phi) is 3.45. The lowest BCUT2D eigenvalue weighted by Crippen LogP contribution is -2.13. The molecule has 134 valence electrons. The molecule has 0 aliphatic heterocycles. The zero-order chi connectivity index (χ0) is 18.6. The smallest absolute Gasteiger partial charge is 0.255 e. The van der Waals surface area contributed by atoms with Crippen LogP contribution in [0.2, 0.25) is 0 Å². The Hall–Kier alpha value is -3.38. The van der Waals surface area contributed by atoms with Crippen molar-refractivity contribution in [1.82, 2.24) is 39.2 Å². The van der Waals surface area contributed by atoms with Crippen molar-refractivity contribution in [3.8, 4) is 11.8 Å². The Balaban J connectivity index is 1.73. The summed E-state index contributed by atoms with van der Waals surface area (Å²) in [6.45, 7) is 3.34. The molecule has 0 saturated carbocycles. The van der Waals surface area contributed by atoms with Gasteiger partial charge in [-0.25, -0.2) is 9.97 Å². The van der Waals surface area contributed by atoms with Crippen LogP contribution in [0.1, 0.15) is 35.2 Å². The molecule has 0 amide bonds. The number of nitrogens with zero attached hydrogens (tertiary/aromatic N) is 8. The van der Waals surface area contributed by atoms with Crippen LogP contribution in [0.3, 0.4) is 0 Å². The summed E-state index contributed by atoms with van der Waals surface area (Å²) < 4.78 is 2.07. The Morgan fingerprint density at radius 2 is 1.12 bits per heavy atom. The SMILES string of the molecule is Cc1cc(O)n2nc(C(O)C(O)c3nc4nc(C)cc(O)n4n3)nc2n1. The van der Waals surface area contributed by atoms with Gasteiger partial charge in [-0.15, -0.1) is 10.2 Å². The van der Waals surface area contributed by atoms with E-state index in [1.807, 2.05) is 0 Å². The largest absolute Gasteiger partial charge is 0.493 e. The summed E-state index contributed by atoms with van der Waals surface area (Å²) in [5.41, 5.74) is 1.03. The summed E-state index contributed by atoms with van der Waals surface area (Å²) in [6.07, 6.45) is -3.17. The van der Waals surface area contributed by atoms with Crippen LogP contribution in [-0.4, -0.2) is 59.6 Å². The van der Waals surface area contributed by atoms with Crippen molar-refractivity contribution in [1.29, 1.82) is 0 Å². The van der Waals surface area contributed by atoms with E-state index < -0.39 is 12.2 Å². The number of rotatable bonds is 3. The number of fused-ring (bicyclic) bond motifs is 2. The summed E-state index contributed by atoms with van der Waals surface area (Å²) in [5.74, 6) is -0.605. The average Bonchev–Trinajstić information content (AvgIpc) is 3.17. The van der Waals surface area contributed by atoms with Gasteiger partial charge in [0.2, 0.25) is 11.8 Å². The second-order valence-electron chi connectivity index (χ2n) is 5.76.